The van der Waals surface area contributed by atoms with E-state index in [9.17, 15) is 0 Å². The number of methoxy groups -OCH3 is 1. The van der Waals surface area contributed by atoms with Crippen LogP contribution in [-0.2, 0) is 16.0 Å². The molecule has 1 N–H and O–H groups in total. The lowest BCUT2D eigenvalue weighted by Crippen LogP contribution is -2.41. The SMILES string of the molecule is CCNC(=NCc1ccc(OCCOC)cc1)N1CCC2(CCOC2)C1.I. The van der Waals surface area contributed by atoms with E-state index in [1.807, 2.05) is 12.1 Å². The number of benzene rings is 1. The molecule has 7 heteroatoms. The highest BCUT2D eigenvalue weighted by Crippen LogP contribution is 2.38. The molecular formula is C20H32IN3O3. The van der Waals surface area contributed by atoms with Crippen molar-refractivity contribution in [3.05, 3.63) is 29.8 Å². The van der Waals surface area contributed by atoms with Gasteiger partial charge in [-0.05, 0) is 37.5 Å². The second-order valence-corrected chi connectivity index (χ2v) is 7.13. The molecule has 152 valence electrons. The Morgan fingerprint density at radius 3 is 2.74 bits per heavy atom. The molecule has 1 spiro atoms. The van der Waals surface area contributed by atoms with Crippen molar-refractivity contribution in [3.63, 3.8) is 0 Å². The van der Waals surface area contributed by atoms with Crippen LogP contribution in [0.2, 0.25) is 0 Å². The summed E-state index contributed by atoms with van der Waals surface area (Å²) in [4.78, 5) is 7.24. The monoisotopic (exact) mass is 489 g/mol. The van der Waals surface area contributed by atoms with E-state index in [0.29, 0.717) is 25.2 Å². The molecule has 0 amide bonds. The molecule has 2 fully saturated rings. The minimum Gasteiger partial charge on any atom is -0.491 e. The molecule has 2 aliphatic rings. The number of hydrogen-bond acceptors (Lipinski definition) is 4. The van der Waals surface area contributed by atoms with Crippen LogP contribution >= 0.6 is 24.0 Å². The third-order valence-corrected chi connectivity index (χ3v) is 5.15. The zero-order valence-electron chi connectivity index (χ0n) is 16.4. The Morgan fingerprint density at radius 2 is 2.07 bits per heavy atom. The van der Waals surface area contributed by atoms with Gasteiger partial charge in [-0.1, -0.05) is 12.1 Å². The van der Waals surface area contributed by atoms with Crippen LogP contribution in [0.4, 0.5) is 0 Å². The Hall–Kier alpha value is -1.06. The van der Waals surface area contributed by atoms with Crippen LogP contribution in [0.1, 0.15) is 25.3 Å². The zero-order valence-corrected chi connectivity index (χ0v) is 18.7. The maximum absolute atomic E-state index is 5.64. The third kappa shape index (κ3) is 6.22. The molecule has 0 aromatic heterocycles. The van der Waals surface area contributed by atoms with Gasteiger partial charge in [0, 0.05) is 38.8 Å². The molecule has 2 aliphatic heterocycles. The molecular weight excluding hydrogens is 457 g/mol. The fraction of sp³-hybridized carbons (Fsp3) is 0.650. The maximum atomic E-state index is 5.64. The van der Waals surface area contributed by atoms with Crippen molar-refractivity contribution in [1.82, 2.24) is 10.2 Å². The van der Waals surface area contributed by atoms with Crippen molar-refractivity contribution in [1.29, 1.82) is 0 Å². The van der Waals surface area contributed by atoms with Crippen LogP contribution in [0, 0.1) is 5.41 Å². The number of nitrogens with zero attached hydrogens (tertiary/aromatic N) is 2. The number of rotatable bonds is 7. The summed E-state index contributed by atoms with van der Waals surface area (Å²) in [6.07, 6.45) is 2.37. The van der Waals surface area contributed by atoms with Crippen molar-refractivity contribution >= 4 is 29.9 Å². The van der Waals surface area contributed by atoms with E-state index >= 15 is 0 Å². The van der Waals surface area contributed by atoms with E-state index in [1.165, 1.54) is 18.4 Å². The van der Waals surface area contributed by atoms with Crippen molar-refractivity contribution in [3.8, 4) is 5.75 Å². The van der Waals surface area contributed by atoms with E-state index in [2.05, 4.69) is 29.3 Å². The molecule has 1 unspecified atom stereocenters. The molecule has 0 saturated carbocycles. The molecule has 0 radical (unpaired) electrons. The van der Waals surface area contributed by atoms with E-state index in [-0.39, 0.29) is 24.0 Å². The molecule has 6 nitrogen and oxygen atoms in total. The molecule has 0 bridgehead atoms. The predicted octanol–water partition coefficient (Wildman–Crippen LogP) is 2.91. The molecule has 2 saturated heterocycles. The number of aliphatic imine (C=N–C) groups is 1. The molecule has 0 aliphatic carbocycles. The Labute approximate surface area is 179 Å². The van der Waals surface area contributed by atoms with Gasteiger partial charge in [0.05, 0.1) is 19.8 Å². The standard InChI is InChI=1S/C20H31N3O3.HI/c1-3-21-19(23-10-8-20(15-23)9-11-25-16-20)22-14-17-4-6-18(7-5-17)26-13-12-24-2;/h4-7H,3,8-16H2,1-2H3,(H,21,22);1H. The number of ether oxygens (including phenoxy) is 3. The number of likely N-dealkylation sites (tertiary alicyclic amines) is 1. The van der Waals surface area contributed by atoms with Crippen molar-refractivity contribution in [2.75, 3.05) is 53.2 Å². The lowest BCUT2D eigenvalue weighted by molar-refractivity contribution is 0.146. The fourth-order valence-electron chi connectivity index (χ4n) is 3.61. The fourth-order valence-corrected chi connectivity index (χ4v) is 3.61. The second kappa shape index (κ2) is 11.1. The quantitative estimate of drug-likeness (QED) is 0.276. The number of hydrogen-bond donors (Lipinski definition) is 1. The first-order valence-electron chi connectivity index (χ1n) is 9.56. The van der Waals surface area contributed by atoms with Crippen molar-refractivity contribution in [2.24, 2.45) is 10.4 Å². The Bertz CT molecular complexity index is 589. The maximum Gasteiger partial charge on any atom is 0.194 e. The van der Waals surface area contributed by atoms with E-state index < -0.39 is 0 Å². The van der Waals surface area contributed by atoms with Gasteiger partial charge < -0.3 is 24.4 Å². The summed E-state index contributed by atoms with van der Waals surface area (Å²) in [5, 5.41) is 3.44. The van der Waals surface area contributed by atoms with Crippen LogP contribution in [0.3, 0.4) is 0 Å². The summed E-state index contributed by atoms with van der Waals surface area (Å²) in [5.74, 6) is 1.88. The van der Waals surface area contributed by atoms with E-state index in [1.54, 1.807) is 7.11 Å². The lowest BCUT2D eigenvalue weighted by atomic mass is 9.87. The van der Waals surface area contributed by atoms with Gasteiger partial charge in [0.2, 0.25) is 0 Å². The van der Waals surface area contributed by atoms with Gasteiger partial charge in [-0.25, -0.2) is 4.99 Å². The Kier molecular flexibility index (Phi) is 9.11. The predicted molar refractivity (Wildman–Crippen MR) is 118 cm³/mol. The van der Waals surface area contributed by atoms with Gasteiger partial charge in [-0.2, -0.15) is 0 Å². The number of halogens is 1. The minimum atomic E-state index is 0. The largest absolute Gasteiger partial charge is 0.491 e. The van der Waals surface area contributed by atoms with Crippen LogP contribution in [0.5, 0.6) is 5.75 Å². The molecule has 1 aromatic rings. The highest BCUT2D eigenvalue weighted by Gasteiger charge is 2.42. The van der Waals surface area contributed by atoms with Crippen LogP contribution in [-0.4, -0.2) is 64.0 Å². The first-order chi connectivity index (χ1) is 12.7. The van der Waals surface area contributed by atoms with Crippen molar-refractivity contribution < 1.29 is 14.2 Å². The molecule has 1 aromatic carbocycles. The average Bonchev–Trinajstić information content (AvgIpc) is 3.30. The van der Waals surface area contributed by atoms with Gasteiger partial charge in [0.1, 0.15) is 12.4 Å². The normalized spacial score (nSPS) is 22.1. The van der Waals surface area contributed by atoms with Crippen LogP contribution in [0.15, 0.2) is 29.3 Å². The average molecular weight is 489 g/mol. The zero-order chi connectivity index (χ0) is 18.2. The van der Waals surface area contributed by atoms with E-state index in [0.717, 1.165) is 44.6 Å². The smallest absolute Gasteiger partial charge is 0.194 e. The highest BCUT2D eigenvalue weighted by molar-refractivity contribution is 14.0. The first kappa shape index (κ1) is 22.2. The van der Waals surface area contributed by atoms with Gasteiger partial charge >= 0.3 is 0 Å². The second-order valence-electron chi connectivity index (χ2n) is 7.13. The summed E-state index contributed by atoms with van der Waals surface area (Å²) < 4.78 is 16.2. The number of nitrogens with one attached hydrogen (secondary N) is 1. The Morgan fingerprint density at radius 1 is 1.26 bits per heavy atom. The summed E-state index contributed by atoms with van der Waals surface area (Å²) >= 11 is 0. The first-order valence-corrected chi connectivity index (χ1v) is 9.56. The lowest BCUT2D eigenvalue weighted by Gasteiger charge is -2.25. The van der Waals surface area contributed by atoms with Gasteiger partial charge in [-0.3, -0.25) is 0 Å². The number of guanidine groups is 1. The highest BCUT2D eigenvalue weighted by atomic mass is 127. The summed E-state index contributed by atoms with van der Waals surface area (Å²) in [5.41, 5.74) is 1.52. The van der Waals surface area contributed by atoms with Gasteiger partial charge in [-0.15, -0.1) is 24.0 Å². The molecule has 27 heavy (non-hydrogen) atoms. The molecule has 3 rings (SSSR count). The van der Waals surface area contributed by atoms with Crippen LogP contribution in [0.25, 0.3) is 0 Å². The van der Waals surface area contributed by atoms with E-state index in [4.69, 9.17) is 19.2 Å². The summed E-state index contributed by atoms with van der Waals surface area (Å²) in [7, 11) is 1.67. The van der Waals surface area contributed by atoms with Crippen LogP contribution < -0.4 is 10.1 Å². The van der Waals surface area contributed by atoms with Crippen molar-refractivity contribution in [2.45, 2.75) is 26.3 Å². The Balaban J connectivity index is 0.00000261. The summed E-state index contributed by atoms with van der Waals surface area (Å²) in [6, 6.07) is 8.14. The summed E-state index contributed by atoms with van der Waals surface area (Å²) in [6.45, 7) is 8.73. The minimum absolute atomic E-state index is 0. The molecule has 2 heterocycles. The van der Waals surface area contributed by atoms with Gasteiger partial charge in [0.25, 0.3) is 0 Å². The third-order valence-electron chi connectivity index (χ3n) is 5.15. The molecule has 1 atom stereocenters. The topological polar surface area (TPSA) is 55.3 Å². The van der Waals surface area contributed by atoms with Gasteiger partial charge in [0.15, 0.2) is 5.96 Å².